The van der Waals surface area contributed by atoms with Gasteiger partial charge < -0.3 is 14.8 Å². The summed E-state index contributed by atoms with van der Waals surface area (Å²) in [6.45, 7) is 1.52. The summed E-state index contributed by atoms with van der Waals surface area (Å²) in [5, 5.41) is 12.1. The average molecular weight is 295 g/mol. The van der Waals surface area contributed by atoms with E-state index in [-0.39, 0.29) is 27.6 Å². The Bertz CT molecular complexity index is 719. The van der Waals surface area contributed by atoms with Crippen molar-refractivity contribution < 1.29 is 22.7 Å². The molecule has 0 bridgehead atoms. The van der Waals surface area contributed by atoms with Gasteiger partial charge in [-0.3, -0.25) is 4.79 Å². The molecular weight excluding hydrogens is 282 g/mol. The molecule has 0 aliphatic heterocycles. The Labute approximate surface area is 116 Å². The molecule has 7 heteroatoms. The first-order valence-electron chi connectivity index (χ1n) is 5.83. The zero-order valence-corrected chi connectivity index (χ0v) is 11.5. The number of sulfone groups is 1. The van der Waals surface area contributed by atoms with E-state index in [1.165, 1.54) is 43.7 Å². The summed E-state index contributed by atoms with van der Waals surface area (Å²) in [5.74, 6) is -0.774. The largest absolute Gasteiger partial charge is 0.506 e. The lowest BCUT2D eigenvalue weighted by Gasteiger charge is -2.08. The van der Waals surface area contributed by atoms with Gasteiger partial charge in [0.15, 0.2) is 9.84 Å². The van der Waals surface area contributed by atoms with E-state index in [0.29, 0.717) is 0 Å². The quantitative estimate of drug-likeness (QED) is 0.841. The number of anilines is 1. The third kappa shape index (κ3) is 2.83. The highest BCUT2D eigenvalue weighted by atomic mass is 32.2. The van der Waals surface area contributed by atoms with E-state index in [4.69, 9.17) is 4.42 Å². The number of rotatable bonds is 4. The predicted molar refractivity (Wildman–Crippen MR) is 72.5 cm³/mol. The van der Waals surface area contributed by atoms with Crippen molar-refractivity contribution in [3.63, 3.8) is 0 Å². The predicted octanol–water partition coefficient (Wildman–Crippen LogP) is 2.03. The van der Waals surface area contributed by atoms with Crippen molar-refractivity contribution >= 4 is 21.4 Å². The van der Waals surface area contributed by atoms with Gasteiger partial charge in [0.1, 0.15) is 12.0 Å². The van der Waals surface area contributed by atoms with Crippen LogP contribution in [0, 0.1) is 0 Å². The number of phenolic OH excluding ortho intramolecular Hbond substituents is 1. The van der Waals surface area contributed by atoms with Gasteiger partial charge in [-0.15, -0.1) is 0 Å². The molecule has 0 saturated carbocycles. The molecular formula is C13H13NO5S. The number of nitrogens with one attached hydrogen (secondary N) is 1. The molecule has 1 aromatic carbocycles. The number of phenols is 1. The highest BCUT2D eigenvalue weighted by molar-refractivity contribution is 7.91. The molecule has 0 atom stereocenters. The van der Waals surface area contributed by atoms with Gasteiger partial charge in [0, 0.05) is 0 Å². The fourth-order valence-electron chi connectivity index (χ4n) is 1.56. The Hall–Kier alpha value is -2.28. The number of benzene rings is 1. The van der Waals surface area contributed by atoms with Gasteiger partial charge in [0.2, 0.25) is 0 Å². The number of carbonyl (C=O) groups excluding carboxylic acids is 1. The van der Waals surface area contributed by atoms with Crippen LogP contribution in [0.2, 0.25) is 0 Å². The van der Waals surface area contributed by atoms with Crippen molar-refractivity contribution in [2.24, 2.45) is 0 Å². The third-order valence-corrected chi connectivity index (χ3v) is 4.47. The minimum absolute atomic E-state index is 0.0331. The summed E-state index contributed by atoms with van der Waals surface area (Å²) in [6.07, 6.45) is 2.59. The van der Waals surface area contributed by atoms with Crippen LogP contribution in [0.5, 0.6) is 5.75 Å². The molecule has 0 unspecified atom stereocenters. The topological polar surface area (TPSA) is 96.6 Å². The lowest BCUT2D eigenvalue weighted by atomic mass is 10.2. The molecule has 20 heavy (non-hydrogen) atoms. The molecule has 0 radical (unpaired) electrons. The minimum atomic E-state index is -3.41. The van der Waals surface area contributed by atoms with Crippen LogP contribution in [0.3, 0.4) is 0 Å². The Morgan fingerprint density at radius 2 is 2.10 bits per heavy atom. The molecule has 0 spiro atoms. The van der Waals surface area contributed by atoms with Gasteiger partial charge in [-0.1, -0.05) is 6.92 Å². The number of amides is 1. The third-order valence-electron chi connectivity index (χ3n) is 2.74. The highest BCUT2D eigenvalue weighted by Crippen LogP contribution is 2.27. The van der Waals surface area contributed by atoms with E-state index in [2.05, 4.69) is 5.32 Å². The fourth-order valence-corrected chi connectivity index (χ4v) is 2.47. The second-order valence-corrected chi connectivity index (χ2v) is 6.33. The number of hydrogen-bond donors (Lipinski definition) is 2. The van der Waals surface area contributed by atoms with E-state index in [1.807, 2.05) is 0 Å². The molecule has 0 aliphatic carbocycles. The smallest absolute Gasteiger partial charge is 0.259 e. The van der Waals surface area contributed by atoms with Gasteiger partial charge in [-0.05, 0) is 24.3 Å². The fraction of sp³-hybridized carbons (Fsp3) is 0.154. The van der Waals surface area contributed by atoms with Crippen LogP contribution in [-0.2, 0) is 9.84 Å². The number of aromatic hydroxyl groups is 1. The van der Waals surface area contributed by atoms with Crippen molar-refractivity contribution in [3.05, 3.63) is 42.4 Å². The minimum Gasteiger partial charge on any atom is -0.506 e. The van der Waals surface area contributed by atoms with Crippen molar-refractivity contribution in [3.8, 4) is 5.75 Å². The summed E-state index contributed by atoms with van der Waals surface area (Å²) in [6, 6.07) is 5.21. The monoisotopic (exact) mass is 295 g/mol. The second kappa shape index (κ2) is 5.38. The Morgan fingerprint density at radius 1 is 1.35 bits per heavy atom. The van der Waals surface area contributed by atoms with Gasteiger partial charge in [0.25, 0.3) is 5.91 Å². The van der Waals surface area contributed by atoms with E-state index in [9.17, 15) is 18.3 Å². The molecule has 2 N–H and O–H groups in total. The van der Waals surface area contributed by atoms with Crippen LogP contribution in [0.4, 0.5) is 5.69 Å². The summed E-state index contributed by atoms with van der Waals surface area (Å²) in [5.41, 5.74) is 0.305. The van der Waals surface area contributed by atoms with Crippen molar-refractivity contribution in [2.45, 2.75) is 11.8 Å². The first kappa shape index (κ1) is 14.1. The molecule has 0 aliphatic rings. The number of carbonyl (C=O) groups is 1. The van der Waals surface area contributed by atoms with Gasteiger partial charge in [-0.25, -0.2) is 8.42 Å². The van der Waals surface area contributed by atoms with Crippen LogP contribution in [0.15, 0.2) is 46.1 Å². The van der Waals surface area contributed by atoms with E-state index in [0.717, 1.165) is 0 Å². The number of hydrogen-bond acceptors (Lipinski definition) is 5. The lowest BCUT2D eigenvalue weighted by Crippen LogP contribution is -2.12. The van der Waals surface area contributed by atoms with Crippen LogP contribution < -0.4 is 5.32 Å². The molecule has 2 aromatic rings. The molecule has 1 aromatic heterocycles. The molecule has 1 amide bonds. The molecule has 0 saturated heterocycles. The molecule has 2 rings (SSSR count). The van der Waals surface area contributed by atoms with Crippen LogP contribution in [-0.4, -0.2) is 25.2 Å². The van der Waals surface area contributed by atoms with Crippen LogP contribution in [0.1, 0.15) is 17.3 Å². The number of furan rings is 1. The van der Waals surface area contributed by atoms with Crippen LogP contribution in [0.25, 0.3) is 0 Å². The standard InChI is InChI=1S/C13H13NO5S/c1-2-20(17,18)10-3-4-12(15)11(7-10)14-13(16)9-5-6-19-8-9/h3-8,15H,2H2,1H3,(H,14,16). The van der Waals surface area contributed by atoms with Crippen LogP contribution >= 0.6 is 0 Å². The second-order valence-electron chi connectivity index (χ2n) is 4.05. The zero-order chi connectivity index (χ0) is 14.8. The SMILES string of the molecule is CCS(=O)(=O)c1ccc(O)c(NC(=O)c2ccoc2)c1. The maximum Gasteiger partial charge on any atom is 0.259 e. The van der Waals surface area contributed by atoms with Gasteiger partial charge in [0.05, 0.1) is 28.2 Å². The maximum absolute atomic E-state index is 11.8. The van der Waals surface area contributed by atoms with Gasteiger partial charge >= 0.3 is 0 Å². The summed E-state index contributed by atoms with van der Waals surface area (Å²) >= 11 is 0. The zero-order valence-electron chi connectivity index (χ0n) is 10.7. The first-order chi connectivity index (χ1) is 9.44. The lowest BCUT2D eigenvalue weighted by molar-refractivity contribution is 0.102. The van der Waals surface area contributed by atoms with Gasteiger partial charge in [-0.2, -0.15) is 0 Å². The average Bonchev–Trinajstić information content (AvgIpc) is 2.95. The first-order valence-corrected chi connectivity index (χ1v) is 7.48. The summed E-state index contributed by atoms with van der Waals surface area (Å²) < 4.78 is 28.3. The Kier molecular flexibility index (Phi) is 3.80. The van der Waals surface area contributed by atoms with E-state index < -0.39 is 15.7 Å². The summed E-state index contributed by atoms with van der Waals surface area (Å²) in [7, 11) is -3.41. The Morgan fingerprint density at radius 3 is 2.70 bits per heavy atom. The van der Waals surface area contributed by atoms with Crippen molar-refractivity contribution in [1.82, 2.24) is 0 Å². The molecule has 0 fully saturated rings. The van der Waals surface area contributed by atoms with E-state index in [1.54, 1.807) is 0 Å². The van der Waals surface area contributed by atoms with E-state index >= 15 is 0 Å². The summed E-state index contributed by atoms with van der Waals surface area (Å²) in [4.78, 5) is 11.9. The molecule has 106 valence electrons. The maximum atomic E-state index is 11.8. The normalized spacial score (nSPS) is 11.2. The molecule has 1 heterocycles. The highest BCUT2D eigenvalue weighted by Gasteiger charge is 2.16. The van der Waals surface area contributed by atoms with Crippen molar-refractivity contribution in [2.75, 3.05) is 11.1 Å². The Balaban J connectivity index is 2.33. The molecule has 6 nitrogen and oxygen atoms in total. The van der Waals surface area contributed by atoms with Crippen molar-refractivity contribution in [1.29, 1.82) is 0 Å².